The minimum absolute atomic E-state index is 0.251. The smallest absolute Gasteiger partial charge is 0.410 e. The Bertz CT molecular complexity index is 512. The Morgan fingerprint density at radius 3 is 2.44 bits per heavy atom. The van der Waals surface area contributed by atoms with Crippen molar-refractivity contribution in [3.8, 4) is 5.75 Å². The molecule has 1 amide bonds. The maximum absolute atomic E-state index is 11.0. The van der Waals surface area contributed by atoms with E-state index < -0.39 is 15.3 Å². The fourth-order valence-electron chi connectivity index (χ4n) is 1.00. The van der Waals surface area contributed by atoms with E-state index in [-0.39, 0.29) is 5.75 Å². The summed E-state index contributed by atoms with van der Waals surface area (Å²) in [5.74, 6) is 0.251. The quantitative estimate of drug-likeness (QED) is 0.827. The van der Waals surface area contributed by atoms with Crippen LogP contribution in [-0.4, -0.2) is 14.5 Å². The number of benzene rings is 1. The lowest BCUT2D eigenvalue weighted by molar-refractivity contribution is 0.207. The van der Waals surface area contributed by atoms with Gasteiger partial charge in [-0.1, -0.05) is 6.07 Å². The molecule has 0 saturated heterocycles. The maximum Gasteiger partial charge on any atom is 0.427 e. The summed E-state index contributed by atoms with van der Waals surface area (Å²) in [6.45, 7) is 3.75. The van der Waals surface area contributed by atoms with E-state index in [1.807, 2.05) is 13.8 Å². The van der Waals surface area contributed by atoms with Gasteiger partial charge >= 0.3 is 15.3 Å². The highest BCUT2D eigenvalue weighted by molar-refractivity contribution is 8.12. The molecule has 1 aromatic carbocycles. The predicted octanol–water partition coefficient (Wildman–Crippen LogP) is 1.88. The van der Waals surface area contributed by atoms with Crippen LogP contribution in [0.2, 0.25) is 0 Å². The molecule has 0 fully saturated rings. The first-order chi connectivity index (χ1) is 7.28. The fraction of sp³-hybridized carbons (Fsp3) is 0.222. The van der Waals surface area contributed by atoms with E-state index in [1.165, 1.54) is 4.72 Å². The molecule has 0 unspecified atom stereocenters. The second-order valence-corrected chi connectivity index (χ2v) is 5.47. The van der Waals surface area contributed by atoms with E-state index in [1.54, 1.807) is 18.2 Å². The molecule has 1 rings (SSSR count). The van der Waals surface area contributed by atoms with Crippen molar-refractivity contribution >= 4 is 26.0 Å². The third kappa shape index (κ3) is 4.08. The number of nitrogens with one attached hydrogen (secondary N) is 1. The molecule has 0 aliphatic carbocycles. The summed E-state index contributed by atoms with van der Waals surface area (Å²) in [6, 6.07) is 4.94. The molecular formula is C9H10ClNO4S. The van der Waals surface area contributed by atoms with Crippen LogP contribution in [0.1, 0.15) is 11.1 Å². The number of rotatable bonds is 2. The lowest BCUT2D eigenvalue weighted by Gasteiger charge is -2.06. The van der Waals surface area contributed by atoms with Gasteiger partial charge < -0.3 is 4.74 Å². The highest BCUT2D eigenvalue weighted by Gasteiger charge is 2.12. The maximum atomic E-state index is 11.0. The van der Waals surface area contributed by atoms with Crippen molar-refractivity contribution in [2.24, 2.45) is 0 Å². The molecule has 5 nitrogen and oxygen atoms in total. The first-order valence-electron chi connectivity index (χ1n) is 4.29. The number of ether oxygens (including phenoxy) is 1. The van der Waals surface area contributed by atoms with Crippen molar-refractivity contribution < 1.29 is 17.9 Å². The molecule has 0 spiro atoms. The van der Waals surface area contributed by atoms with Crippen LogP contribution in [0.15, 0.2) is 18.2 Å². The third-order valence-corrected chi connectivity index (χ3v) is 2.54. The van der Waals surface area contributed by atoms with Crippen molar-refractivity contribution in [1.82, 2.24) is 4.72 Å². The van der Waals surface area contributed by atoms with Gasteiger partial charge in [0.25, 0.3) is 0 Å². The van der Waals surface area contributed by atoms with Gasteiger partial charge in [0.15, 0.2) is 0 Å². The standard InChI is InChI=1S/C9H10ClNO4S/c1-6-3-4-8(5-7(6)2)15-9(12)11-16(10,13)14/h3-5H,1-2H3,(H,11,12). The molecule has 0 aromatic heterocycles. The van der Waals surface area contributed by atoms with Crippen molar-refractivity contribution in [2.45, 2.75) is 13.8 Å². The zero-order chi connectivity index (χ0) is 12.3. The lowest BCUT2D eigenvalue weighted by Crippen LogP contribution is -2.29. The largest absolute Gasteiger partial charge is 0.427 e. The van der Waals surface area contributed by atoms with Crippen LogP contribution in [0.25, 0.3) is 0 Å². The summed E-state index contributed by atoms with van der Waals surface area (Å²) in [6.07, 6.45) is -1.14. The molecule has 1 aromatic rings. The van der Waals surface area contributed by atoms with E-state index >= 15 is 0 Å². The monoisotopic (exact) mass is 263 g/mol. The first kappa shape index (κ1) is 12.8. The number of hydrogen-bond donors (Lipinski definition) is 1. The average Bonchev–Trinajstić information content (AvgIpc) is 2.08. The summed E-state index contributed by atoms with van der Waals surface area (Å²) >= 11 is 0. The highest BCUT2D eigenvalue weighted by atomic mass is 35.7. The molecule has 0 aliphatic rings. The first-order valence-corrected chi connectivity index (χ1v) is 6.60. The van der Waals surface area contributed by atoms with Crippen LogP contribution in [-0.2, 0) is 9.24 Å². The van der Waals surface area contributed by atoms with Gasteiger partial charge in [0.1, 0.15) is 5.75 Å². The van der Waals surface area contributed by atoms with Gasteiger partial charge in [-0.3, -0.25) is 0 Å². The lowest BCUT2D eigenvalue weighted by atomic mass is 10.1. The van der Waals surface area contributed by atoms with Crippen molar-refractivity contribution in [3.63, 3.8) is 0 Å². The van der Waals surface area contributed by atoms with Crippen LogP contribution >= 0.6 is 10.7 Å². The summed E-state index contributed by atoms with van der Waals surface area (Å²) in [5, 5.41) is 0. The molecule has 0 bridgehead atoms. The Labute approximate surface area is 97.9 Å². The topological polar surface area (TPSA) is 72.5 Å². The summed E-state index contributed by atoms with van der Waals surface area (Å²) in [7, 11) is 0.697. The molecule has 1 N–H and O–H groups in total. The van der Waals surface area contributed by atoms with Gasteiger partial charge in [0.05, 0.1) is 0 Å². The number of carbonyl (C=O) groups excluding carboxylic acids is 1. The van der Waals surface area contributed by atoms with E-state index in [0.29, 0.717) is 0 Å². The summed E-state index contributed by atoms with van der Waals surface area (Å²) in [4.78, 5) is 11.0. The van der Waals surface area contributed by atoms with Gasteiger partial charge in [-0.25, -0.2) is 9.52 Å². The second kappa shape index (κ2) is 4.71. The molecule has 0 aliphatic heterocycles. The van der Waals surface area contributed by atoms with Crippen LogP contribution < -0.4 is 9.46 Å². The summed E-state index contributed by atoms with van der Waals surface area (Å²) in [5.41, 5.74) is 1.97. The Morgan fingerprint density at radius 2 is 1.94 bits per heavy atom. The summed E-state index contributed by atoms with van der Waals surface area (Å²) < 4.78 is 27.2. The zero-order valence-electron chi connectivity index (χ0n) is 8.65. The van der Waals surface area contributed by atoms with Crippen molar-refractivity contribution in [1.29, 1.82) is 0 Å². The second-order valence-electron chi connectivity index (χ2n) is 3.18. The van der Waals surface area contributed by atoms with E-state index in [4.69, 9.17) is 15.4 Å². The van der Waals surface area contributed by atoms with E-state index in [0.717, 1.165) is 11.1 Å². The van der Waals surface area contributed by atoms with Crippen molar-refractivity contribution in [3.05, 3.63) is 29.3 Å². The van der Waals surface area contributed by atoms with Gasteiger partial charge in [-0.15, -0.1) is 0 Å². The van der Waals surface area contributed by atoms with Crippen molar-refractivity contribution in [2.75, 3.05) is 0 Å². The Balaban J connectivity index is 2.74. The fourth-order valence-corrected chi connectivity index (χ4v) is 1.43. The molecule has 0 atom stereocenters. The Kier molecular flexibility index (Phi) is 3.77. The number of amides is 1. The molecule has 0 heterocycles. The van der Waals surface area contributed by atoms with Crippen LogP contribution in [0.4, 0.5) is 4.79 Å². The molecule has 16 heavy (non-hydrogen) atoms. The number of aryl methyl sites for hydroxylation is 2. The van der Waals surface area contributed by atoms with E-state index in [9.17, 15) is 13.2 Å². The Morgan fingerprint density at radius 1 is 1.31 bits per heavy atom. The minimum Gasteiger partial charge on any atom is -0.410 e. The molecule has 7 heteroatoms. The van der Waals surface area contributed by atoms with Gasteiger partial charge in [-0.05, 0) is 37.1 Å². The van der Waals surface area contributed by atoms with Crippen LogP contribution in [0.5, 0.6) is 5.75 Å². The van der Waals surface area contributed by atoms with Crippen LogP contribution in [0, 0.1) is 13.8 Å². The number of carbonyl (C=O) groups is 1. The minimum atomic E-state index is -4.11. The normalized spacial score (nSPS) is 10.9. The van der Waals surface area contributed by atoms with Crippen LogP contribution in [0.3, 0.4) is 0 Å². The molecule has 0 radical (unpaired) electrons. The zero-order valence-corrected chi connectivity index (χ0v) is 10.2. The number of hydrogen-bond acceptors (Lipinski definition) is 4. The van der Waals surface area contributed by atoms with Gasteiger partial charge in [-0.2, -0.15) is 8.42 Å². The van der Waals surface area contributed by atoms with Gasteiger partial charge in [0, 0.05) is 10.7 Å². The van der Waals surface area contributed by atoms with Gasteiger partial charge in [0.2, 0.25) is 0 Å². The average molecular weight is 264 g/mol. The predicted molar refractivity (Wildman–Crippen MR) is 59.8 cm³/mol. The SMILES string of the molecule is Cc1ccc(OC(=O)NS(=O)(=O)Cl)cc1C. The molecule has 0 saturated carbocycles. The Hall–Kier alpha value is -1.27. The molecular weight excluding hydrogens is 254 g/mol. The highest BCUT2D eigenvalue weighted by Crippen LogP contribution is 2.16. The third-order valence-electron chi connectivity index (χ3n) is 1.89. The molecule has 88 valence electrons. The van der Waals surface area contributed by atoms with E-state index in [2.05, 4.69) is 0 Å². The number of halogens is 1.